The molecule has 0 bridgehead atoms. The molecular formula is C22H27NO6. The van der Waals surface area contributed by atoms with E-state index in [0.29, 0.717) is 35.9 Å². The molecule has 0 N–H and O–H groups in total. The van der Waals surface area contributed by atoms with Gasteiger partial charge in [-0.25, -0.2) is 4.79 Å². The predicted octanol–water partition coefficient (Wildman–Crippen LogP) is 3.23. The smallest absolute Gasteiger partial charge is 0.342 e. The molecule has 0 saturated heterocycles. The van der Waals surface area contributed by atoms with E-state index in [1.54, 1.807) is 37.3 Å². The van der Waals surface area contributed by atoms with E-state index in [4.69, 9.17) is 18.9 Å². The number of likely N-dealkylation sites (N-methyl/N-ethyl adjacent to an activating group) is 1. The third-order valence-electron chi connectivity index (χ3n) is 4.46. The number of hydrogen-bond donors (Lipinski definition) is 0. The topological polar surface area (TPSA) is 74.3 Å². The molecule has 7 heteroatoms. The monoisotopic (exact) mass is 401 g/mol. The molecule has 0 saturated carbocycles. The number of benzene rings is 2. The van der Waals surface area contributed by atoms with Crippen molar-refractivity contribution in [1.29, 1.82) is 0 Å². The highest BCUT2D eigenvalue weighted by molar-refractivity contribution is 5.94. The zero-order chi connectivity index (χ0) is 21.4. The number of carbonyl (C=O) groups is 2. The molecule has 29 heavy (non-hydrogen) atoms. The molecule has 0 aromatic heterocycles. The summed E-state index contributed by atoms with van der Waals surface area (Å²) in [6, 6.07) is 10.7. The van der Waals surface area contributed by atoms with Crippen LogP contribution in [0.4, 0.5) is 0 Å². The van der Waals surface area contributed by atoms with Gasteiger partial charge >= 0.3 is 5.97 Å². The molecule has 1 amide bonds. The molecule has 0 unspecified atom stereocenters. The second-order valence-corrected chi connectivity index (χ2v) is 6.38. The van der Waals surface area contributed by atoms with Crippen molar-refractivity contribution in [3.05, 3.63) is 53.1 Å². The average Bonchev–Trinajstić information content (AvgIpc) is 2.75. The van der Waals surface area contributed by atoms with Crippen LogP contribution in [0.2, 0.25) is 0 Å². The Labute approximate surface area is 171 Å². The number of amides is 1. The van der Waals surface area contributed by atoms with Gasteiger partial charge in [0.25, 0.3) is 5.91 Å². The molecule has 2 aromatic rings. The second-order valence-electron chi connectivity index (χ2n) is 6.38. The molecule has 7 nitrogen and oxygen atoms in total. The van der Waals surface area contributed by atoms with Crippen molar-refractivity contribution < 1.29 is 28.5 Å². The normalized spacial score (nSPS) is 10.2. The maximum absolute atomic E-state index is 12.6. The Bertz CT molecular complexity index is 864. The van der Waals surface area contributed by atoms with Crippen molar-refractivity contribution in [2.75, 3.05) is 34.5 Å². The summed E-state index contributed by atoms with van der Waals surface area (Å²) in [7, 11) is 4.61. The highest BCUT2D eigenvalue weighted by Gasteiger charge is 2.19. The number of hydrogen-bond acceptors (Lipinski definition) is 6. The first kappa shape index (κ1) is 22.1. The van der Waals surface area contributed by atoms with Crippen LogP contribution in [0.15, 0.2) is 36.4 Å². The number of aryl methyl sites for hydroxylation is 1. The molecule has 2 rings (SSSR count). The minimum Gasteiger partial charge on any atom is -0.496 e. The van der Waals surface area contributed by atoms with Crippen LogP contribution in [-0.4, -0.2) is 51.3 Å². The zero-order valence-corrected chi connectivity index (χ0v) is 17.5. The molecule has 156 valence electrons. The number of rotatable bonds is 9. The molecule has 0 heterocycles. The third kappa shape index (κ3) is 5.63. The standard InChI is InChI=1S/C22H27NO6/c1-6-23(13-16-8-10-19(27-4)20(12-16)28-5)21(24)14-29-22(25)17-11-15(2)7-9-18(17)26-3/h7-12H,6,13-14H2,1-5H3. The average molecular weight is 401 g/mol. The first-order chi connectivity index (χ1) is 13.9. The van der Waals surface area contributed by atoms with Crippen LogP contribution < -0.4 is 14.2 Å². The molecule has 2 aromatic carbocycles. The summed E-state index contributed by atoms with van der Waals surface area (Å²) in [6.07, 6.45) is 0. The predicted molar refractivity (Wildman–Crippen MR) is 109 cm³/mol. The van der Waals surface area contributed by atoms with E-state index in [2.05, 4.69) is 0 Å². The summed E-state index contributed by atoms with van der Waals surface area (Å²) in [5.41, 5.74) is 2.07. The van der Waals surface area contributed by atoms with Gasteiger partial charge in [0.2, 0.25) is 0 Å². The van der Waals surface area contributed by atoms with Gasteiger partial charge in [-0.15, -0.1) is 0 Å². The van der Waals surface area contributed by atoms with Crippen LogP contribution in [0.5, 0.6) is 17.2 Å². The number of carbonyl (C=O) groups excluding carboxylic acids is 2. The van der Waals surface area contributed by atoms with Crippen LogP contribution in [0.25, 0.3) is 0 Å². The Kier molecular flexibility index (Phi) is 7.88. The van der Waals surface area contributed by atoms with Crippen LogP contribution in [0.3, 0.4) is 0 Å². The number of methoxy groups -OCH3 is 3. The molecule has 0 aliphatic carbocycles. The van der Waals surface area contributed by atoms with Gasteiger partial charge in [0, 0.05) is 13.1 Å². The lowest BCUT2D eigenvalue weighted by molar-refractivity contribution is -0.134. The van der Waals surface area contributed by atoms with Crippen LogP contribution in [0.1, 0.15) is 28.4 Å². The van der Waals surface area contributed by atoms with Crippen molar-refractivity contribution >= 4 is 11.9 Å². The molecule has 0 aliphatic heterocycles. The lowest BCUT2D eigenvalue weighted by Gasteiger charge is -2.21. The van der Waals surface area contributed by atoms with E-state index < -0.39 is 5.97 Å². The molecule has 0 atom stereocenters. The van der Waals surface area contributed by atoms with Gasteiger partial charge in [0.15, 0.2) is 18.1 Å². The third-order valence-corrected chi connectivity index (χ3v) is 4.46. The Hall–Kier alpha value is -3.22. The number of ether oxygens (including phenoxy) is 4. The summed E-state index contributed by atoms with van der Waals surface area (Å²) in [5, 5.41) is 0. The molecule has 0 spiro atoms. The summed E-state index contributed by atoms with van der Waals surface area (Å²) in [6.45, 7) is 4.21. The molecule has 0 radical (unpaired) electrons. The van der Waals surface area contributed by atoms with Crippen molar-refractivity contribution in [3.8, 4) is 17.2 Å². The first-order valence-corrected chi connectivity index (χ1v) is 9.23. The van der Waals surface area contributed by atoms with Crippen molar-refractivity contribution in [3.63, 3.8) is 0 Å². The number of nitrogens with zero attached hydrogens (tertiary/aromatic N) is 1. The van der Waals surface area contributed by atoms with Crippen LogP contribution >= 0.6 is 0 Å². The van der Waals surface area contributed by atoms with Gasteiger partial charge in [-0.1, -0.05) is 17.7 Å². The highest BCUT2D eigenvalue weighted by atomic mass is 16.5. The van der Waals surface area contributed by atoms with E-state index >= 15 is 0 Å². The number of esters is 1. The first-order valence-electron chi connectivity index (χ1n) is 9.23. The van der Waals surface area contributed by atoms with E-state index in [9.17, 15) is 9.59 Å². The van der Waals surface area contributed by atoms with Crippen molar-refractivity contribution in [2.24, 2.45) is 0 Å². The van der Waals surface area contributed by atoms with Crippen LogP contribution in [0, 0.1) is 6.92 Å². The molecular weight excluding hydrogens is 374 g/mol. The minimum absolute atomic E-state index is 0.290. The second kappa shape index (κ2) is 10.4. The Morgan fingerprint density at radius 2 is 1.55 bits per heavy atom. The molecule has 0 fully saturated rings. The van der Waals surface area contributed by atoms with E-state index in [1.165, 1.54) is 7.11 Å². The van der Waals surface area contributed by atoms with E-state index in [1.807, 2.05) is 32.0 Å². The summed E-state index contributed by atoms with van der Waals surface area (Å²) in [5.74, 6) is 0.729. The summed E-state index contributed by atoms with van der Waals surface area (Å²) < 4.78 is 21.0. The minimum atomic E-state index is -0.596. The molecule has 0 aliphatic rings. The van der Waals surface area contributed by atoms with Gasteiger partial charge in [-0.2, -0.15) is 0 Å². The maximum Gasteiger partial charge on any atom is 0.342 e. The Balaban J connectivity index is 2.03. The van der Waals surface area contributed by atoms with Crippen LogP contribution in [-0.2, 0) is 16.1 Å². The Morgan fingerprint density at radius 3 is 2.17 bits per heavy atom. The highest BCUT2D eigenvalue weighted by Crippen LogP contribution is 2.28. The van der Waals surface area contributed by atoms with Gasteiger partial charge in [0.05, 0.1) is 21.3 Å². The maximum atomic E-state index is 12.6. The summed E-state index contributed by atoms with van der Waals surface area (Å²) in [4.78, 5) is 26.6. The van der Waals surface area contributed by atoms with Gasteiger partial charge in [0.1, 0.15) is 11.3 Å². The quantitative estimate of drug-likeness (QED) is 0.601. The van der Waals surface area contributed by atoms with Crippen molar-refractivity contribution in [1.82, 2.24) is 4.90 Å². The van der Waals surface area contributed by atoms with E-state index in [-0.39, 0.29) is 12.5 Å². The lowest BCUT2D eigenvalue weighted by atomic mass is 10.1. The zero-order valence-electron chi connectivity index (χ0n) is 17.5. The lowest BCUT2D eigenvalue weighted by Crippen LogP contribution is -2.34. The SMILES string of the molecule is CCN(Cc1ccc(OC)c(OC)c1)C(=O)COC(=O)c1cc(C)ccc1OC. The fourth-order valence-corrected chi connectivity index (χ4v) is 2.85. The Morgan fingerprint density at radius 1 is 0.897 bits per heavy atom. The summed E-state index contributed by atoms with van der Waals surface area (Å²) >= 11 is 0. The largest absolute Gasteiger partial charge is 0.496 e. The van der Waals surface area contributed by atoms with Gasteiger partial charge < -0.3 is 23.8 Å². The fraction of sp³-hybridized carbons (Fsp3) is 0.364. The van der Waals surface area contributed by atoms with E-state index in [0.717, 1.165) is 11.1 Å². The van der Waals surface area contributed by atoms with Crippen molar-refractivity contribution in [2.45, 2.75) is 20.4 Å². The van der Waals surface area contributed by atoms with Gasteiger partial charge in [-0.3, -0.25) is 4.79 Å². The van der Waals surface area contributed by atoms with Gasteiger partial charge in [-0.05, 0) is 43.7 Å². The fourth-order valence-electron chi connectivity index (χ4n) is 2.85.